The van der Waals surface area contributed by atoms with Gasteiger partial charge in [-0.2, -0.15) is 0 Å². The number of ether oxygens (including phenoxy) is 1. The maximum Gasteiger partial charge on any atom is 0.238 e. The summed E-state index contributed by atoms with van der Waals surface area (Å²) in [5.74, 6) is 0.627. The van der Waals surface area contributed by atoms with E-state index in [0.717, 1.165) is 30.2 Å². The number of carbonyl (C=O) groups is 1. The van der Waals surface area contributed by atoms with Crippen LogP contribution in [0.25, 0.3) is 0 Å². The van der Waals surface area contributed by atoms with Gasteiger partial charge in [0.05, 0.1) is 18.8 Å². The lowest BCUT2D eigenvalue weighted by Crippen LogP contribution is -2.48. The SMILES string of the molecule is CCOc1ccccc1NC(=O)CN1CCNCC1c1ccccc1Cl.Cl. The third kappa shape index (κ3) is 5.59. The summed E-state index contributed by atoms with van der Waals surface area (Å²) in [6.07, 6.45) is 0. The van der Waals surface area contributed by atoms with Gasteiger partial charge in [-0.15, -0.1) is 12.4 Å². The Labute approximate surface area is 171 Å². The van der Waals surface area contributed by atoms with Gasteiger partial charge < -0.3 is 15.4 Å². The first-order valence-corrected chi connectivity index (χ1v) is 9.27. The second-order valence-electron chi connectivity index (χ2n) is 6.19. The molecule has 3 rings (SSSR count). The molecule has 1 atom stereocenters. The van der Waals surface area contributed by atoms with E-state index in [2.05, 4.69) is 15.5 Å². The molecule has 0 radical (unpaired) electrons. The van der Waals surface area contributed by atoms with Crippen molar-refractivity contribution >= 4 is 35.6 Å². The molecule has 7 heteroatoms. The second kappa shape index (κ2) is 10.5. The summed E-state index contributed by atoms with van der Waals surface area (Å²) in [6, 6.07) is 15.4. The molecule has 1 saturated heterocycles. The Morgan fingerprint density at radius 2 is 2.00 bits per heavy atom. The lowest BCUT2D eigenvalue weighted by molar-refractivity contribution is -0.118. The van der Waals surface area contributed by atoms with Gasteiger partial charge in [-0.1, -0.05) is 41.9 Å². The molecule has 1 amide bonds. The monoisotopic (exact) mass is 409 g/mol. The zero-order valence-corrected chi connectivity index (χ0v) is 16.9. The largest absolute Gasteiger partial charge is 0.492 e. The molecule has 1 heterocycles. The summed E-state index contributed by atoms with van der Waals surface area (Å²) < 4.78 is 5.58. The van der Waals surface area contributed by atoms with Crippen LogP contribution >= 0.6 is 24.0 Å². The molecule has 1 fully saturated rings. The van der Waals surface area contributed by atoms with Crippen molar-refractivity contribution in [3.63, 3.8) is 0 Å². The molecule has 0 aliphatic carbocycles. The number of hydrogen-bond acceptors (Lipinski definition) is 4. The highest BCUT2D eigenvalue weighted by Gasteiger charge is 2.27. The topological polar surface area (TPSA) is 53.6 Å². The minimum Gasteiger partial charge on any atom is -0.492 e. The Morgan fingerprint density at radius 3 is 2.78 bits per heavy atom. The summed E-state index contributed by atoms with van der Waals surface area (Å²) >= 11 is 6.37. The average Bonchev–Trinajstić information content (AvgIpc) is 2.65. The summed E-state index contributed by atoms with van der Waals surface area (Å²) in [4.78, 5) is 14.8. The number of rotatable bonds is 6. The van der Waals surface area contributed by atoms with Gasteiger partial charge in [-0.25, -0.2) is 0 Å². The van der Waals surface area contributed by atoms with Crippen molar-refractivity contribution in [3.05, 3.63) is 59.1 Å². The first-order valence-electron chi connectivity index (χ1n) is 8.90. The number of nitrogens with one attached hydrogen (secondary N) is 2. The van der Waals surface area contributed by atoms with Crippen LogP contribution in [0, 0.1) is 0 Å². The van der Waals surface area contributed by atoms with E-state index in [1.54, 1.807) is 0 Å². The molecule has 146 valence electrons. The Kier molecular flexibility index (Phi) is 8.38. The maximum atomic E-state index is 12.6. The second-order valence-corrected chi connectivity index (χ2v) is 6.60. The quantitative estimate of drug-likeness (QED) is 0.762. The number of halogens is 2. The van der Waals surface area contributed by atoms with Crippen LogP contribution in [-0.2, 0) is 4.79 Å². The summed E-state index contributed by atoms with van der Waals surface area (Å²) in [7, 11) is 0. The van der Waals surface area contributed by atoms with Gasteiger partial charge in [-0.3, -0.25) is 9.69 Å². The Morgan fingerprint density at radius 1 is 1.26 bits per heavy atom. The number of nitrogens with zero attached hydrogens (tertiary/aromatic N) is 1. The molecule has 2 N–H and O–H groups in total. The molecule has 2 aromatic carbocycles. The zero-order chi connectivity index (χ0) is 18.4. The van der Waals surface area contributed by atoms with E-state index in [0.29, 0.717) is 24.6 Å². The smallest absolute Gasteiger partial charge is 0.238 e. The van der Waals surface area contributed by atoms with Gasteiger partial charge in [0, 0.05) is 30.7 Å². The van der Waals surface area contributed by atoms with Crippen LogP contribution in [0.3, 0.4) is 0 Å². The number of anilines is 1. The van der Waals surface area contributed by atoms with Crippen LogP contribution in [0.1, 0.15) is 18.5 Å². The van der Waals surface area contributed by atoms with Gasteiger partial charge in [0.15, 0.2) is 0 Å². The minimum absolute atomic E-state index is 0. The van der Waals surface area contributed by atoms with Gasteiger partial charge in [0.2, 0.25) is 5.91 Å². The van der Waals surface area contributed by atoms with Gasteiger partial charge >= 0.3 is 0 Å². The molecule has 0 spiro atoms. The molecule has 0 bridgehead atoms. The van der Waals surface area contributed by atoms with Crippen molar-refractivity contribution in [2.75, 3.05) is 38.1 Å². The number of carbonyl (C=O) groups excluding carboxylic acids is 1. The van der Waals surface area contributed by atoms with Gasteiger partial charge in [0.1, 0.15) is 5.75 Å². The molecule has 1 unspecified atom stereocenters. The first kappa shape index (κ1) is 21.5. The number of para-hydroxylation sites is 2. The van der Waals surface area contributed by atoms with E-state index < -0.39 is 0 Å². The van der Waals surface area contributed by atoms with Crippen LogP contribution in [0.15, 0.2) is 48.5 Å². The summed E-state index contributed by atoms with van der Waals surface area (Å²) in [5.41, 5.74) is 1.74. The van der Waals surface area contributed by atoms with E-state index in [-0.39, 0.29) is 24.4 Å². The highest BCUT2D eigenvalue weighted by atomic mass is 35.5. The summed E-state index contributed by atoms with van der Waals surface area (Å²) in [5, 5.41) is 7.09. The van der Waals surface area contributed by atoms with E-state index in [9.17, 15) is 4.79 Å². The van der Waals surface area contributed by atoms with Gasteiger partial charge in [-0.05, 0) is 30.7 Å². The third-order valence-corrected chi connectivity index (χ3v) is 4.77. The van der Waals surface area contributed by atoms with Crippen molar-refractivity contribution in [2.45, 2.75) is 13.0 Å². The van der Waals surface area contributed by atoms with E-state index >= 15 is 0 Å². The van der Waals surface area contributed by atoms with Crippen LogP contribution in [0.2, 0.25) is 5.02 Å². The average molecular weight is 410 g/mol. The van der Waals surface area contributed by atoms with Crippen molar-refractivity contribution in [1.29, 1.82) is 0 Å². The highest BCUT2D eigenvalue weighted by Crippen LogP contribution is 2.29. The molecule has 2 aromatic rings. The fourth-order valence-corrected chi connectivity index (χ4v) is 3.47. The lowest BCUT2D eigenvalue weighted by atomic mass is 10.0. The molecular formula is C20H25Cl2N3O2. The number of amides is 1. The molecule has 5 nitrogen and oxygen atoms in total. The fraction of sp³-hybridized carbons (Fsp3) is 0.350. The molecule has 1 aliphatic heterocycles. The van der Waals surface area contributed by atoms with Crippen LogP contribution in [-0.4, -0.2) is 43.6 Å². The van der Waals surface area contributed by atoms with Crippen molar-refractivity contribution in [2.24, 2.45) is 0 Å². The van der Waals surface area contributed by atoms with Crippen LogP contribution in [0.5, 0.6) is 5.75 Å². The molecule has 1 aliphatic rings. The fourth-order valence-electron chi connectivity index (χ4n) is 3.21. The van der Waals surface area contributed by atoms with Crippen molar-refractivity contribution in [1.82, 2.24) is 10.2 Å². The Hall–Kier alpha value is -1.79. The van der Waals surface area contributed by atoms with E-state index in [1.807, 2.05) is 55.5 Å². The van der Waals surface area contributed by atoms with Crippen LogP contribution < -0.4 is 15.4 Å². The molecule has 0 saturated carbocycles. The normalized spacial score (nSPS) is 17.0. The third-order valence-electron chi connectivity index (χ3n) is 4.43. The molecule has 0 aromatic heterocycles. The molecular weight excluding hydrogens is 385 g/mol. The number of piperazine rings is 1. The summed E-state index contributed by atoms with van der Waals surface area (Å²) in [6.45, 7) is 5.19. The maximum absolute atomic E-state index is 12.6. The first-order chi connectivity index (χ1) is 12.7. The predicted octanol–water partition coefficient (Wildman–Crippen LogP) is 3.75. The zero-order valence-electron chi connectivity index (χ0n) is 15.3. The standard InChI is InChI=1S/C20H24ClN3O2.ClH/c1-2-26-19-10-6-5-9-17(19)23-20(25)14-24-12-11-22-13-18(24)15-7-3-4-8-16(15)21;/h3-10,18,22H,2,11-14H2,1H3,(H,23,25);1H. The highest BCUT2D eigenvalue weighted by molar-refractivity contribution is 6.31. The predicted molar refractivity (Wildman–Crippen MR) is 112 cm³/mol. The Balaban J connectivity index is 0.00000261. The van der Waals surface area contributed by atoms with Crippen molar-refractivity contribution < 1.29 is 9.53 Å². The number of hydrogen-bond donors (Lipinski definition) is 2. The lowest BCUT2D eigenvalue weighted by Gasteiger charge is -2.36. The molecule has 27 heavy (non-hydrogen) atoms. The number of benzene rings is 2. The van der Waals surface area contributed by atoms with E-state index in [1.165, 1.54) is 0 Å². The Bertz CT molecular complexity index is 758. The van der Waals surface area contributed by atoms with E-state index in [4.69, 9.17) is 16.3 Å². The van der Waals surface area contributed by atoms with Gasteiger partial charge in [0.25, 0.3) is 0 Å². The van der Waals surface area contributed by atoms with Crippen LogP contribution in [0.4, 0.5) is 5.69 Å². The minimum atomic E-state index is -0.0592. The van der Waals surface area contributed by atoms with Crippen molar-refractivity contribution in [3.8, 4) is 5.75 Å².